The zero-order valence-electron chi connectivity index (χ0n) is 7.26. The fourth-order valence-electron chi connectivity index (χ4n) is 0. The van der Waals surface area contributed by atoms with Gasteiger partial charge in [0.15, 0.2) is 0 Å². The molecule has 0 amide bonds. The summed E-state index contributed by atoms with van der Waals surface area (Å²) >= 11 is 0. The smallest absolute Gasteiger partial charge is 0.759 e. The Labute approximate surface area is 97.7 Å². The Balaban J connectivity index is -0.0000000590. The molecule has 0 spiro atoms. The Bertz CT molecular complexity index is 249. The van der Waals surface area contributed by atoms with Crippen LogP contribution in [0.4, 0.5) is 0 Å². The molecule has 0 unspecified atom stereocenters. The van der Waals surface area contributed by atoms with Gasteiger partial charge in [-0.05, 0) is 0 Å². The molecule has 0 heterocycles. The average Bonchev–Trinajstić information content (AvgIpc) is 1.79. The zero-order chi connectivity index (χ0) is 12.4. The summed E-state index contributed by atoms with van der Waals surface area (Å²) in [5.41, 5.74) is 7.08. The van der Waals surface area contributed by atoms with Crippen LogP contribution in [0.3, 0.4) is 0 Å². The van der Waals surface area contributed by atoms with Gasteiger partial charge >= 0.3 is 17.1 Å². The zero-order valence-corrected chi connectivity index (χ0v) is 10.0. The van der Waals surface area contributed by atoms with Crippen LogP contribution in [0.25, 0.3) is 0 Å². The Hall–Kier alpha value is 0.179. The van der Waals surface area contributed by atoms with Crippen molar-refractivity contribution in [2.75, 3.05) is 13.1 Å². The molecule has 0 saturated heterocycles. The van der Waals surface area contributed by atoms with Crippen molar-refractivity contribution in [2.45, 2.75) is 0 Å². The van der Waals surface area contributed by atoms with Gasteiger partial charge in [-0.15, -0.1) is 0 Å². The fourth-order valence-corrected chi connectivity index (χ4v) is 0. The number of hydrogen-bond acceptors (Lipinski definition) is 8. The Kier molecular flexibility index (Phi) is 19.9. The van der Waals surface area contributed by atoms with Gasteiger partial charge in [0, 0.05) is 20.8 Å². The maximum Gasteiger partial charge on any atom is 2.00 e. The van der Waals surface area contributed by atoms with Crippen molar-refractivity contribution in [3.8, 4) is 0 Å². The van der Waals surface area contributed by atoms with Gasteiger partial charge in [-0.25, -0.2) is 0 Å². The molecule has 0 aliphatic rings. The third-order valence-corrected chi connectivity index (χ3v) is 0.250. The van der Waals surface area contributed by atoms with E-state index in [4.69, 9.17) is 35.0 Å². The molecule has 10 nitrogen and oxygen atoms in total. The van der Waals surface area contributed by atoms with E-state index < -0.39 is 20.8 Å². The number of quaternary nitrogens is 2. The monoisotopic (exact) mass is 310 g/mol. The van der Waals surface area contributed by atoms with E-state index in [-0.39, 0.29) is 17.1 Å². The minimum atomic E-state index is -5.17. The molecule has 0 fully saturated rings. The maximum atomic E-state index is 8.52. The van der Waals surface area contributed by atoms with Gasteiger partial charge in [-0.3, -0.25) is 16.8 Å². The topological polar surface area (TPSA) is 216 Å². The molecule has 0 atom stereocenters. The average molecular weight is 310 g/mol. The largest absolute Gasteiger partial charge is 2.00 e. The van der Waals surface area contributed by atoms with E-state index >= 15 is 0 Å². The van der Waals surface area contributed by atoms with Crippen molar-refractivity contribution < 1.29 is 63.6 Å². The van der Waals surface area contributed by atoms with Gasteiger partial charge in [0.25, 0.3) is 0 Å². The van der Waals surface area contributed by atoms with E-state index in [0.717, 1.165) is 13.1 Å². The molecule has 0 aliphatic carbocycles. The number of rotatable bonds is 1. The summed E-state index contributed by atoms with van der Waals surface area (Å²) in [5, 5.41) is 0. The molecule has 0 saturated carbocycles. The van der Waals surface area contributed by atoms with Crippen LogP contribution in [0.1, 0.15) is 0 Å². The normalized spacial score (nSPS) is 9.73. The van der Waals surface area contributed by atoms with E-state index in [9.17, 15) is 0 Å². The Morgan fingerprint density at radius 2 is 0.800 bits per heavy atom. The summed E-state index contributed by atoms with van der Waals surface area (Å²) in [6.07, 6.45) is 0. The standard InChI is InChI=1S/C2H8N2.Fe.2H2O4S/c3-1-2-4;;2*1-5(2,3)4/h1-4H2;;2*(H2,1,2,3,4)/q;+2;;/p-2. The Morgan fingerprint density at radius 1 is 0.733 bits per heavy atom. The van der Waals surface area contributed by atoms with Crippen LogP contribution in [0.5, 0.6) is 0 Å². The minimum absolute atomic E-state index is 0. The van der Waals surface area contributed by atoms with Crippen LogP contribution >= 0.6 is 0 Å². The van der Waals surface area contributed by atoms with E-state index in [1.165, 1.54) is 0 Å². The Morgan fingerprint density at radius 3 is 0.800 bits per heavy atom. The molecule has 0 aromatic carbocycles. The third-order valence-electron chi connectivity index (χ3n) is 0.250. The first-order valence-corrected chi connectivity index (χ1v) is 5.50. The van der Waals surface area contributed by atoms with Crippen molar-refractivity contribution >= 4 is 20.8 Å². The van der Waals surface area contributed by atoms with Crippen molar-refractivity contribution in [1.29, 1.82) is 0 Å². The van der Waals surface area contributed by atoms with Crippen molar-refractivity contribution in [2.24, 2.45) is 0 Å². The van der Waals surface area contributed by atoms with Crippen molar-refractivity contribution in [3.05, 3.63) is 0 Å². The van der Waals surface area contributed by atoms with Gasteiger partial charge in [0.05, 0.1) is 0 Å². The van der Waals surface area contributed by atoms with Crippen molar-refractivity contribution in [1.82, 2.24) is 0 Å². The van der Waals surface area contributed by atoms with E-state index in [0.29, 0.717) is 0 Å². The van der Waals surface area contributed by atoms with Crippen LogP contribution in [-0.4, -0.2) is 48.1 Å². The van der Waals surface area contributed by atoms with Crippen LogP contribution in [0.2, 0.25) is 0 Å². The molecular weight excluding hydrogens is 300 g/mol. The molecule has 0 aromatic heterocycles. The van der Waals surface area contributed by atoms with Gasteiger partial charge in [-0.1, -0.05) is 0 Å². The van der Waals surface area contributed by atoms with Gasteiger partial charge in [-0.2, -0.15) is 0 Å². The molecule has 96 valence electrons. The van der Waals surface area contributed by atoms with E-state index in [1.807, 2.05) is 0 Å². The summed E-state index contributed by atoms with van der Waals surface area (Å²) in [6, 6.07) is 0. The summed E-state index contributed by atoms with van der Waals surface area (Å²) in [4.78, 5) is 0. The first-order valence-electron chi connectivity index (χ1n) is 2.83. The third kappa shape index (κ3) is 1510. The summed E-state index contributed by atoms with van der Waals surface area (Å²) < 4.78 is 68.2. The molecule has 0 bridgehead atoms. The second kappa shape index (κ2) is 12.3. The minimum Gasteiger partial charge on any atom is -0.759 e. The molecule has 0 radical (unpaired) electrons. The first kappa shape index (κ1) is 24.4. The van der Waals surface area contributed by atoms with Crippen molar-refractivity contribution in [3.63, 3.8) is 0 Å². The molecule has 15 heavy (non-hydrogen) atoms. The van der Waals surface area contributed by atoms with E-state index in [2.05, 4.69) is 11.5 Å². The molecule has 0 rings (SSSR count). The maximum absolute atomic E-state index is 8.52. The predicted molar refractivity (Wildman–Crippen MR) is 36.5 cm³/mol. The fraction of sp³-hybridized carbons (Fsp3) is 1.00. The first-order chi connectivity index (χ1) is 5.91. The molecular formula is C2H10FeN2O8S2. The second-order valence-electron chi connectivity index (χ2n) is 1.52. The molecule has 0 aliphatic heterocycles. The van der Waals surface area contributed by atoms with Crippen LogP contribution in [0.15, 0.2) is 0 Å². The summed E-state index contributed by atoms with van der Waals surface area (Å²) in [7, 11) is -10.3. The quantitative estimate of drug-likeness (QED) is 0.270. The van der Waals surface area contributed by atoms with Gasteiger partial charge in [0.2, 0.25) is 0 Å². The molecule has 0 aromatic rings. The van der Waals surface area contributed by atoms with Gasteiger partial charge < -0.3 is 29.7 Å². The summed E-state index contributed by atoms with van der Waals surface area (Å²) in [6.45, 7) is 1.92. The summed E-state index contributed by atoms with van der Waals surface area (Å²) in [5.74, 6) is 0. The molecule has 13 heteroatoms. The van der Waals surface area contributed by atoms with Crippen LogP contribution in [0, 0.1) is 0 Å². The number of hydrogen-bond donors (Lipinski definition) is 2. The van der Waals surface area contributed by atoms with Crippen LogP contribution in [-0.2, 0) is 37.9 Å². The van der Waals surface area contributed by atoms with E-state index in [1.54, 1.807) is 0 Å². The van der Waals surface area contributed by atoms with Gasteiger partial charge in [0.1, 0.15) is 13.1 Å². The predicted octanol–water partition coefficient (Wildman–Crippen LogP) is -5.21. The SMILES string of the molecule is O=S(=O)([O-])[O-].O=S(=O)([O-])[O-].[Fe+2].[NH3+]CC[NH3+]. The second-order valence-corrected chi connectivity index (χ2v) is 3.16. The van der Waals surface area contributed by atoms with Crippen LogP contribution < -0.4 is 11.5 Å². The molecule has 6 N–H and O–H groups in total.